The molecular weight excluding hydrogens is 166 g/mol. The molecule has 1 unspecified atom stereocenters. The molecule has 2 rings (SSSR count). The molecule has 13 heavy (non-hydrogen) atoms. The van der Waals surface area contributed by atoms with Gasteiger partial charge in [0.05, 0.1) is 5.69 Å². The Labute approximate surface area is 77.7 Å². The summed E-state index contributed by atoms with van der Waals surface area (Å²) in [5.41, 5.74) is 6.86. The molecule has 1 fully saturated rings. The molecule has 1 aromatic rings. The van der Waals surface area contributed by atoms with Crippen LogP contribution in [-0.4, -0.2) is 29.0 Å². The molecule has 1 aliphatic heterocycles. The standard InChI is InChI=1S/C9H15N3O/c10-8-2-1-3-12(4-8)5-9-6-13-7-11-9/h6-8H,1-5,10H2. The van der Waals surface area contributed by atoms with E-state index in [0.717, 1.165) is 31.7 Å². The summed E-state index contributed by atoms with van der Waals surface area (Å²) in [6.07, 6.45) is 5.51. The minimum atomic E-state index is 0.334. The molecule has 72 valence electrons. The van der Waals surface area contributed by atoms with Gasteiger partial charge >= 0.3 is 0 Å². The molecule has 0 spiro atoms. The molecule has 0 amide bonds. The number of hydrogen-bond donors (Lipinski definition) is 1. The summed E-state index contributed by atoms with van der Waals surface area (Å²) in [6.45, 7) is 2.97. The number of nitrogens with zero attached hydrogens (tertiary/aromatic N) is 2. The van der Waals surface area contributed by atoms with Gasteiger partial charge in [0.15, 0.2) is 6.39 Å². The maximum absolute atomic E-state index is 5.87. The van der Waals surface area contributed by atoms with E-state index < -0.39 is 0 Å². The summed E-state index contributed by atoms with van der Waals surface area (Å²) >= 11 is 0. The molecule has 4 nitrogen and oxygen atoms in total. The third-order valence-corrected chi connectivity index (χ3v) is 2.41. The molecule has 0 aromatic carbocycles. The number of likely N-dealkylation sites (tertiary alicyclic amines) is 1. The lowest BCUT2D eigenvalue weighted by Gasteiger charge is -2.29. The van der Waals surface area contributed by atoms with Gasteiger partial charge in [-0.05, 0) is 19.4 Å². The van der Waals surface area contributed by atoms with Crippen LogP contribution in [0.1, 0.15) is 18.5 Å². The Kier molecular flexibility index (Phi) is 2.61. The minimum Gasteiger partial charge on any atom is -0.451 e. The molecule has 0 aliphatic carbocycles. The van der Waals surface area contributed by atoms with Crippen molar-refractivity contribution in [2.75, 3.05) is 13.1 Å². The first-order chi connectivity index (χ1) is 6.34. The Balaban J connectivity index is 1.87. The van der Waals surface area contributed by atoms with Crippen LogP contribution in [0.15, 0.2) is 17.1 Å². The van der Waals surface area contributed by atoms with Crippen molar-refractivity contribution < 1.29 is 4.42 Å². The van der Waals surface area contributed by atoms with Crippen molar-refractivity contribution in [3.8, 4) is 0 Å². The molecule has 0 saturated carbocycles. The van der Waals surface area contributed by atoms with Gasteiger partial charge in [0.25, 0.3) is 0 Å². The average molecular weight is 181 g/mol. The van der Waals surface area contributed by atoms with Crippen molar-refractivity contribution in [2.24, 2.45) is 5.73 Å². The normalized spacial score (nSPS) is 24.8. The Morgan fingerprint density at radius 2 is 2.62 bits per heavy atom. The highest BCUT2D eigenvalue weighted by molar-refractivity contribution is 4.91. The van der Waals surface area contributed by atoms with Crippen molar-refractivity contribution in [1.29, 1.82) is 0 Å². The van der Waals surface area contributed by atoms with Gasteiger partial charge in [-0.25, -0.2) is 4.98 Å². The van der Waals surface area contributed by atoms with Gasteiger partial charge < -0.3 is 10.2 Å². The third kappa shape index (κ3) is 2.29. The van der Waals surface area contributed by atoms with E-state index in [2.05, 4.69) is 9.88 Å². The molecule has 2 N–H and O–H groups in total. The summed E-state index contributed by atoms with van der Waals surface area (Å²) in [5.74, 6) is 0. The van der Waals surface area contributed by atoms with Crippen molar-refractivity contribution in [2.45, 2.75) is 25.4 Å². The monoisotopic (exact) mass is 181 g/mol. The number of aromatic nitrogens is 1. The van der Waals surface area contributed by atoms with E-state index in [-0.39, 0.29) is 0 Å². The van der Waals surface area contributed by atoms with Gasteiger partial charge in [0.2, 0.25) is 0 Å². The smallest absolute Gasteiger partial charge is 0.180 e. The lowest BCUT2D eigenvalue weighted by atomic mass is 10.1. The number of rotatable bonds is 2. The van der Waals surface area contributed by atoms with Crippen LogP contribution in [0.2, 0.25) is 0 Å². The van der Waals surface area contributed by atoms with Crippen molar-refractivity contribution >= 4 is 0 Å². The first-order valence-corrected chi connectivity index (χ1v) is 4.69. The van der Waals surface area contributed by atoms with E-state index in [4.69, 9.17) is 10.2 Å². The van der Waals surface area contributed by atoms with Crippen LogP contribution in [0.4, 0.5) is 0 Å². The Bertz CT molecular complexity index is 247. The first-order valence-electron chi connectivity index (χ1n) is 4.69. The van der Waals surface area contributed by atoms with Crippen LogP contribution >= 0.6 is 0 Å². The average Bonchev–Trinajstić information content (AvgIpc) is 2.57. The van der Waals surface area contributed by atoms with E-state index in [1.165, 1.54) is 12.8 Å². The topological polar surface area (TPSA) is 55.3 Å². The van der Waals surface area contributed by atoms with Gasteiger partial charge in [0, 0.05) is 19.1 Å². The molecule has 0 bridgehead atoms. The predicted octanol–water partition coefficient (Wildman–Crippen LogP) is 0.598. The highest BCUT2D eigenvalue weighted by atomic mass is 16.3. The number of piperidine rings is 1. The van der Waals surface area contributed by atoms with Gasteiger partial charge in [0.1, 0.15) is 6.26 Å². The highest BCUT2D eigenvalue weighted by Gasteiger charge is 2.16. The summed E-state index contributed by atoms with van der Waals surface area (Å²) in [5, 5.41) is 0. The van der Waals surface area contributed by atoms with Gasteiger partial charge in [-0.15, -0.1) is 0 Å². The van der Waals surface area contributed by atoms with Crippen LogP contribution in [0, 0.1) is 0 Å². The van der Waals surface area contributed by atoms with Crippen LogP contribution in [0.25, 0.3) is 0 Å². The fraction of sp³-hybridized carbons (Fsp3) is 0.667. The number of hydrogen-bond acceptors (Lipinski definition) is 4. The number of oxazole rings is 1. The second-order valence-electron chi connectivity index (χ2n) is 3.62. The lowest BCUT2D eigenvalue weighted by molar-refractivity contribution is 0.199. The van der Waals surface area contributed by atoms with E-state index in [1.54, 1.807) is 6.26 Å². The number of nitrogens with two attached hydrogens (primary N) is 1. The Morgan fingerprint density at radius 3 is 3.31 bits per heavy atom. The molecule has 2 heterocycles. The van der Waals surface area contributed by atoms with Crippen molar-refractivity contribution in [1.82, 2.24) is 9.88 Å². The van der Waals surface area contributed by atoms with E-state index in [0.29, 0.717) is 6.04 Å². The molecule has 1 atom stereocenters. The molecule has 0 radical (unpaired) electrons. The molecule has 4 heteroatoms. The molecule has 1 aliphatic rings. The van der Waals surface area contributed by atoms with Crippen LogP contribution in [-0.2, 0) is 6.54 Å². The van der Waals surface area contributed by atoms with Gasteiger partial charge in [-0.1, -0.05) is 0 Å². The first kappa shape index (κ1) is 8.72. The largest absolute Gasteiger partial charge is 0.451 e. The maximum Gasteiger partial charge on any atom is 0.180 e. The van der Waals surface area contributed by atoms with Crippen LogP contribution in [0.3, 0.4) is 0 Å². The fourth-order valence-corrected chi connectivity index (χ4v) is 1.78. The molecular formula is C9H15N3O. The van der Waals surface area contributed by atoms with Gasteiger partial charge in [-0.2, -0.15) is 0 Å². The highest BCUT2D eigenvalue weighted by Crippen LogP contribution is 2.11. The van der Waals surface area contributed by atoms with Gasteiger partial charge in [-0.3, -0.25) is 4.90 Å². The second-order valence-corrected chi connectivity index (χ2v) is 3.62. The fourth-order valence-electron chi connectivity index (χ4n) is 1.78. The van der Waals surface area contributed by atoms with E-state index >= 15 is 0 Å². The summed E-state index contributed by atoms with van der Waals surface area (Å²) in [7, 11) is 0. The quantitative estimate of drug-likeness (QED) is 0.725. The predicted molar refractivity (Wildman–Crippen MR) is 49.0 cm³/mol. The summed E-state index contributed by atoms with van der Waals surface area (Å²) in [4.78, 5) is 6.41. The third-order valence-electron chi connectivity index (χ3n) is 2.41. The SMILES string of the molecule is NC1CCCN(Cc2cocn2)C1. The van der Waals surface area contributed by atoms with E-state index in [1.807, 2.05) is 0 Å². The van der Waals surface area contributed by atoms with Crippen molar-refractivity contribution in [3.63, 3.8) is 0 Å². The summed E-state index contributed by atoms with van der Waals surface area (Å²) < 4.78 is 4.91. The second kappa shape index (κ2) is 3.89. The summed E-state index contributed by atoms with van der Waals surface area (Å²) in [6, 6.07) is 0.334. The Hall–Kier alpha value is -0.870. The maximum atomic E-state index is 5.87. The van der Waals surface area contributed by atoms with Crippen LogP contribution < -0.4 is 5.73 Å². The molecule has 1 saturated heterocycles. The zero-order chi connectivity index (χ0) is 9.10. The van der Waals surface area contributed by atoms with Crippen LogP contribution in [0.5, 0.6) is 0 Å². The lowest BCUT2D eigenvalue weighted by Crippen LogP contribution is -2.42. The zero-order valence-electron chi connectivity index (χ0n) is 7.65. The molecule has 1 aromatic heterocycles. The minimum absolute atomic E-state index is 0.334. The Morgan fingerprint density at radius 1 is 1.69 bits per heavy atom. The zero-order valence-corrected chi connectivity index (χ0v) is 7.65. The van der Waals surface area contributed by atoms with E-state index in [9.17, 15) is 0 Å². The van der Waals surface area contributed by atoms with Crippen molar-refractivity contribution in [3.05, 3.63) is 18.4 Å².